The van der Waals surface area contributed by atoms with Crippen LogP contribution in [-0.2, 0) is 45.0 Å². The maximum absolute atomic E-state index is 11.3. The zero-order valence-corrected chi connectivity index (χ0v) is 28.8. The van der Waals surface area contributed by atoms with Gasteiger partial charge in [0, 0.05) is 52.3 Å². The van der Waals surface area contributed by atoms with Crippen LogP contribution >= 0.6 is 0 Å². The second kappa shape index (κ2) is 12.8. The molecule has 2 aromatic carbocycles. The van der Waals surface area contributed by atoms with E-state index in [0.29, 0.717) is 18.0 Å². The van der Waals surface area contributed by atoms with E-state index in [1.807, 2.05) is 6.21 Å². The third kappa shape index (κ3) is 8.84. The SMILES string of the molecule is CC(C)(C)c1cc(C=NC2CCCCC2NCc2cc(C(C)(C)C)cc(C(C)(C)C)c2O)c(O)c(C(C)(C)C)c1.[Co]. The van der Waals surface area contributed by atoms with Crippen molar-refractivity contribution in [3.05, 3.63) is 57.6 Å². The van der Waals surface area contributed by atoms with Crippen LogP contribution in [0.15, 0.2) is 29.3 Å². The Morgan fingerprint density at radius 1 is 0.707 bits per heavy atom. The second-order valence-electron chi connectivity index (χ2n) is 16.1. The molecule has 2 aromatic rings. The Hall–Kier alpha value is -1.82. The van der Waals surface area contributed by atoms with Crippen LogP contribution in [-0.4, -0.2) is 28.5 Å². The molecule has 0 saturated heterocycles. The predicted octanol–water partition coefficient (Wildman–Crippen LogP) is 8.81. The van der Waals surface area contributed by atoms with Gasteiger partial charge in [-0.25, -0.2) is 0 Å². The minimum atomic E-state index is -0.168. The fourth-order valence-corrected chi connectivity index (χ4v) is 5.54. The predicted molar refractivity (Wildman–Crippen MR) is 171 cm³/mol. The summed E-state index contributed by atoms with van der Waals surface area (Å²) in [6.45, 7) is 26.8. The van der Waals surface area contributed by atoms with Gasteiger partial charge in [0.15, 0.2) is 0 Å². The van der Waals surface area contributed by atoms with E-state index in [1.54, 1.807) is 0 Å². The van der Waals surface area contributed by atoms with Crippen LogP contribution in [0.25, 0.3) is 0 Å². The summed E-state index contributed by atoms with van der Waals surface area (Å²) in [6, 6.07) is 8.94. The van der Waals surface area contributed by atoms with Crippen molar-refractivity contribution in [2.24, 2.45) is 4.99 Å². The topological polar surface area (TPSA) is 64.9 Å². The molecule has 1 fully saturated rings. The molecule has 231 valence electrons. The van der Waals surface area contributed by atoms with Gasteiger partial charge in [0.2, 0.25) is 0 Å². The van der Waals surface area contributed by atoms with Crippen molar-refractivity contribution in [3.8, 4) is 11.5 Å². The summed E-state index contributed by atoms with van der Waals surface area (Å²) < 4.78 is 0. The molecule has 0 heterocycles. The van der Waals surface area contributed by atoms with E-state index in [2.05, 4.69) is 113 Å². The van der Waals surface area contributed by atoms with Crippen molar-refractivity contribution in [2.45, 2.75) is 149 Å². The molecule has 1 aliphatic rings. The number of aromatic hydroxyl groups is 2. The normalized spacial score (nSPS) is 18.9. The van der Waals surface area contributed by atoms with Gasteiger partial charge in [0.25, 0.3) is 0 Å². The largest absolute Gasteiger partial charge is 0.507 e. The molecular weight excluding hydrogens is 551 g/mol. The molecule has 1 saturated carbocycles. The van der Waals surface area contributed by atoms with Gasteiger partial charge in [-0.15, -0.1) is 0 Å². The van der Waals surface area contributed by atoms with Crippen LogP contribution in [0.4, 0.5) is 0 Å². The zero-order chi connectivity index (χ0) is 30.3. The molecular formula is C36H56CoN2O2. The molecule has 0 aromatic heterocycles. The van der Waals surface area contributed by atoms with Crippen LogP contribution in [0.1, 0.15) is 142 Å². The minimum absolute atomic E-state index is 0. The van der Waals surface area contributed by atoms with Gasteiger partial charge in [-0.1, -0.05) is 114 Å². The van der Waals surface area contributed by atoms with Crippen LogP contribution in [0, 0.1) is 0 Å². The van der Waals surface area contributed by atoms with E-state index in [0.717, 1.165) is 41.5 Å². The van der Waals surface area contributed by atoms with Crippen LogP contribution in [0.3, 0.4) is 0 Å². The molecule has 3 N–H and O–H groups in total. The molecule has 5 heteroatoms. The molecule has 41 heavy (non-hydrogen) atoms. The summed E-state index contributed by atoms with van der Waals surface area (Å²) in [5.41, 5.74) is 5.82. The first-order chi connectivity index (χ1) is 18.2. The first-order valence-electron chi connectivity index (χ1n) is 15.2. The summed E-state index contributed by atoms with van der Waals surface area (Å²) in [6.07, 6.45) is 6.29. The number of benzene rings is 2. The fraction of sp³-hybridized carbons (Fsp3) is 0.639. The van der Waals surface area contributed by atoms with Gasteiger partial charge >= 0.3 is 0 Å². The number of nitrogens with zero attached hydrogens (tertiary/aromatic N) is 1. The van der Waals surface area contributed by atoms with Gasteiger partial charge < -0.3 is 15.5 Å². The Balaban J connectivity index is 0.00000588. The van der Waals surface area contributed by atoms with E-state index >= 15 is 0 Å². The number of hydrogen-bond acceptors (Lipinski definition) is 4. The molecule has 0 aliphatic heterocycles. The van der Waals surface area contributed by atoms with Crippen molar-refractivity contribution in [2.75, 3.05) is 0 Å². The van der Waals surface area contributed by atoms with Crippen molar-refractivity contribution < 1.29 is 27.0 Å². The quantitative estimate of drug-likeness (QED) is 0.298. The second-order valence-corrected chi connectivity index (χ2v) is 16.1. The number of nitrogens with one attached hydrogen (secondary N) is 1. The summed E-state index contributed by atoms with van der Waals surface area (Å²) in [5, 5.41) is 26.3. The van der Waals surface area contributed by atoms with E-state index in [-0.39, 0.29) is 50.5 Å². The fourth-order valence-electron chi connectivity index (χ4n) is 5.54. The third-order valence-electron chi connectivity index (χ3n) is 8.37. The summed E-state index contributed by atoms with van der Waals surface area (Å²) in [4.78, 5) is 5.08. The summed E-state index contributed by atoms with van der Waals surface area (Å²) in [5.74, 6) is 0.741. The number of phenols is 2. The molecule has 4 nitrogen and oxygen atoms in total. The Kier molecular flexibility index (Phi) is 11.1. The van der Waals surface area contributed by atoms with Gasteiger partial charge in [-0.05, 0) is 57.3 Å². The number of aliphatic imine (C=N–C) groups is 1. The third-order valence-corrected chi connectivity index (χ3v) is 8.37. The van der Waals surface area contributed by atoms with E-state index in [1.165, 1.54) is 17.5 Å². The maximum atomic E-state index is 11.3. The zero-order valence-electron chi connectivity index (χ0n) is 27.8. The molecule has 1 aliphatic carbocycles. The van der Waals surface area contributed by atoms with Crippen molar-refractivity contribution in [1.82, 2.24) is 5.32 Å². The molecule has 2 unspecified atom stereocenters. The molecule has 1 radical (unpaired) electrons. The standard InChI is InChI=1S/C36H56N2O2.Co/c1-33(2,3)25-17-23(31(39)27(19-25)35(7,8)9)21-37-29-15-13-14-16-30(29)38-22-24-18-26(34(4,5)6)20-28(32(24)40)36(10,11)12;/h17-21,29-30,38-40H,13-16,22H2,1-12H3;. The average Bonchev–Trinajstić information content (AvgIpc) is 2.80. The Bertz CT molecular complexity index is 1220. The molecule has 0 bridgehead atoms. The molecule has 2 atom stereocenters. The van der Waals surface area contributed by atoms with E-state index < -0.39 is 0 Å². The van der Waals surface area contributed by atoms with Gasteiger partial charge in [0.1, 0.15) is 11.5 Å². The first-order valence-corrected chi connectivity index (χ1v) is 15.2. The molecule has 3 rings (SSSR count). The van der Waals surface area contributed by atoms with Crippen molar-refractivity contribution >= 4 is 6.21 Å². The monoisotopic (exact) mass is 607 g/mol. The van der Waals surface area contributed by atoms with Crippen molar-refractivity contribution in [1.29, 1.82) is 0 Å². The summed E-state index contributed by atoms with van der Waals surface area (Å²) in [7, 11) is 0. The van der Waals surface area contributed by atoms with Crippen LogP contribution in [0.2, 0.25) is 0 Å². The smallest absolute Gasteiger partial charge is 0.128 e. The van der Waals surface area contributed by atoms with Gasteiger partial charge in [-0.2, -0.15) is 0 Å². The van der Waals surface area contributed by atoms with E-state index in [4.69, 9.17) is 4.99 Å². The van der Waals surface area contributed by atoms with Crippen LogP contribution in [0.5, 0.6) is 11.5 Å². The Morgan fingerprint density at radius 2 is 1.20 bits per heavy atom. The van der Waals surface area contributed by atoms with Crippen molar-refractivity contribution in [3.63, 3.8) is 0 Å². The Morgan fingerprint density at radius 3 is 1.71 bits per heavy atom. The van der Waals surface area contributed by atoms with Gasteiger partial charge in [-0.3, -0.25) is 4.99 Å². The van der Waals surface area contributed by atoms with Crippen LogP contribution < -0.4 is 5.32 Å². The Labute approximate surface area is 261 Å². The number of hydrogen-bond donors (Lipinski definition) is 3. The van der Waals surface area contributed by atoms with Gasteiger partial charge in [0.05, 0.1) is 6.04 Å². The first kappa shape index (κ1) is 35.4. The maximum Gasteiger partial charge on any atom is 0.128 e. The summed E-state index contributed by atoms with van der Waals surface area (Å²) >= 11 is 0. The minimum Gasteiger partial charge on any atom is -0.507 e. The molecule has 0 spiro atoms. The number of phenolic OH excluding ortho intramolecular Hbond substituents is 2. The molecule has 0 amide bonds. The van der Waals surface area contributed by atoms with E-state index in [9.17, 15) is 10.2 Å². The number of rotatable bonds is 5. The average molecular weight is 608 g/mol.